The number of sulfone groups is 1. The molecule has 0 bridgehead atoms. The maximum Gasteiger partial charge on any atom is 0.235 e. The van der Waals surface area contributed by atoms with Crippen LogP contribution in [0.2, 0.25) is 5.02 Å². The average molecular weight is 421 g/mol. The first-order valence-electron chi connectivity index (χ1n) is 9.48. The molecular formula is C21H25ClN2O3S. The van der Waals surface area contributed by atoms with Gasteiger partial charge in [-0.25, -0.2) is 8.42 Å². The standard InChI is InChI=1S/C21H25ClN2O3S/c22-19-8-10-20(11-9-19)28(26,27)16-21(25)23-14-17-6-2-3-7-18(17)15-24-12-4-1-5-13-24/h2-3,6-11H,1,4-5,12-16H2,(H,23,25). The van der Waals surface area contributed by atoms with E-state index in [9.17, 15) is 13.2 Å². The summed E-state index contributed by atoms with van der Waals surface area (Å²) in [4.78, 5) is 14.8. The van der Waals surface area contributed by atoms with Crippen molar-refractivity contribution >= 4 is 27.3 Å². The number of amides is 1. The molecule has 2 aromatic rings. The van der Waals surface area contributed by atoms with Crippen LogP contribution >= 0.6 is 11.6 Å². The van der Waals surface area contributed by atoms with Crippen LogP contribution in [-0.2, 0) is 27.7 Å². The van der Waals surface area contributed by atoms with E-state index < -0.39 is 21.5 Å². The van der Waals surface area contributed by atoms with Crippen molar-refractivity contribution in [1.82, 2.24) is 10.2 Å². The molecule has 2 aromatic carbocycles. The zero-order valence-electron chi connectivity index (χ0n) is 15.7. The number of carbonyl (C=O) groups is 1. The molecule has 5 nitrogen and oxygen atoms in total. The molecule has 3 rings (SSSR count). The Morgan fingerprint density at radius 1 is 0.964 bits per heavy atom. The van der Waals surface area contributed by atoms with Gasteiger partial charge >= 0.3 is 0 Å². The zero-order valence-corrected chi connectivity index (χ0v) is 17.3. The molecule has 0 atom stereocenters. The molecule has 1 heterocycles. The maximum atomic E-state index is 12.4. The smallest absolute Gasteiger partial charge is 0.235 e. The SMILES string of the molecule is O=C(CS(=O)(=O)c1ccc(Cl)cc1)NCc1ccccc1CN1CCCCC1. The molecule has 0 spiro atoms. The van der Waals surface area contributed by atoms with E-state index in [1.165, 1.54) is 49.1 Å². The molecule has 1 N–H and O–H groups in total. The second kappa shape index (κ2) is 9.54. The second-order valence-corrected chi connectivity index (χ2v) is 9.52. The summed E-state index contributed by atoms with van der Waals surface area (Å²) in [6.45, 7) is 3.37. The van der Waals surface area contributed by atoms with Gasteiger partial charge in [0.15, 0.2) is 9.84 Å². The third-order valence-electron chi connectivity index (χ3n) is 4.93. The topological polar surface area (TPSA) is 66.5 Å². The zero-order chi connectivity index (χ0) is 20.0. The Balaban J connectivity index is 1.59. The Morgan fingerprint density at radius 3 is 2.29 bits per heavy atom. The van der Waals surface area contributed by atoms with E-state index in [4.69, 9.17) is 11.6 Å². The van der Waals surface area contributed by atoms with Crippen LogP contribution < -0.4 is 5.32 Å². The Morgan fingerprint density at radius 2 is 1.61 bits per heavy atom. The van der Waals surface area contributed by atoms with Crippen molar-refractivity contribution in [3.63, 3.8) is 0 Å². The highest BCUT2D eigenvalue weighted by atomic mass is 35.5. The van der Waals surface area contributed by atoms with E-state index in [1.54, 1.807) is 0 Å². The van der Waals surface area contributed by atoms with Crippen molar-refractivity contribution in [2.24, 2.45) is 0 Å². The highest BCUT2D eigenvalue weighted by molar-refractivity contribution is 7.92. The van der Waals surface area contributed by atoms with E-state index in [-0.39, 0.29) is 4.90 Å². The van der Waals surface area contributed by atoms with Gasteiger partial charge in [-0.2, -0.15) is 0 Å². The van der Waals surface area contributed by atoms with Gasteiger partial charge in [-0.3, -0.25) is 9.69 Å². The average Bonchev–Trinajstić information content (AvgIpc) is 2.68. The van der Waals surface area contributed by atoms with Gasteiger partial charge < -0.3 is 5.32 Å². The third-order valence-corrected chi connectivity index (χ3v) is 6.82. The molecule has 7 heteroatoms. The molecule has 0 saturated carbocycles. The molecule has 28 heavy (non-hydrogen) atoms. The summed E-state index contributed by atoms with van der Waals surface area (Å²) in [5.74, 6) is -1.09. The quantitative estimate of drug-likeness (QED) is 0.745. The number of likely N-dealkylation sites (tertiary alicyclic amines) is 1. The number of hydrogen-bond donors (Lipinski definition) is 1. The minimum atomic E-state index is -3.69. The Hall–Kier alpha value is -1.89. The van der Waals surface area contributed by atoms with Gasteiger partial charge in [-0.15, -0.1) is 0 Å². The normalized spacial score (nSPS) is 15.3. The molecule has 0 radical (unpaired) electrons. The largest absolute Gasteiger partial charge is 0.351 e. The minimum Gasteiger partial charge on any atom is -0.351 e. The van der Waals surface area contributed by atoms with Crippen molar-refractivity contribution in [2.45, 2.75) is 37.2 Å². The molecule has 1 aliphatic heterocycles. The molecule has 1 fully saturated rings. The van der Waals surface area contributed by atoms with Gasteiger partial charge in [-0.05, 0) is 61.3 Å². The van der Waals surface area contributed by atoms with E-state index >= 15 is 0 Å². The molecule has 0 aliphatic carbocycles. The van der Waals surface area contributed by atoms with Gasteiger partial charge in [0.05, 0.1) is 4.90 Å². The van der Waals surface area contributed by atoms with Gasteiger partial charge in [0.1, 0.15) is 5.75 Å². The minimum absolute atomic E-state index is 0.0950. The van der Waals surface area contributed by atoms with Crippen molar-refractivity contribution in [1.29, 1.82) is 0 Å². The highest BCUT2D eigenvalue weighted by Crippen LogP contribution is 2.17. The number of benzene rings is 2. The number of piperidine rings is 1. The Kier molecular flexibility index (Phi) is 7.10. The van der Waals surface area contributed by atoms with Crippen LogP contribution in [0.15, 0.2) is 53.4 Å². The molecule has 1 amide bonds. The highest BCUT2D eigenvalue weighted by Gasteiger charge is 2.19. The summed E-state index contributed by atoms with van der Waals surface area (Å²) in [6.07, 6.45) is 3.74. The van der Waals surface area contributed by atoms with E-state index in [2.05, 4.69) is 16.3 Å². The lowest BCUT2D eigenvalue weighted by atomic mass is 10.0. The molecule has 1 saturated heterocycles. The fraction of sp³-hybridized carbons (Fsp3) is 0.381. The predicted molar refractivity (Wildman–Crippen MR) is 111 cm³/mol. The van der Waals surface area contributed by atoms with Crippen LogP contribution in [0.4, 0.5) is 0 Å². The number of hydrogen-bond acceptors (Lipinski definition) is 4. The van der Waals surface area contributed by atoms with Gasteiger partial charge in [0.25, 0.3) is 0 Å². The molecular weight excluding hydrogens is 396 g/mol. The van der Waals surface area contributed by atoms with Crippen molar-refractivity contribution < 1.29 is 13.2 Å². The van der Waals surface area contributed by atoms with Gasteiger partial charge in [0, 0.05) is 18.1 Å². The van der Waals surface area contributed by atoms with E-state index in [0.29, 0.717) is 11.6 Å². The number of carbonyl (C=O) groups excluding carboxylic acids is 1. The molecule has 150 valence electrons. The first-order valence-corrected chi connectivity index (χ1v) is 11.5. The lowest BCUT2D eigenvalue weighted by Crippen LogP contribution is -2.32. The number of rotatable bonds is 7. The Bertz CT molecular complexity index is 908. The third kappa shape index (κ3) is 5.80. The number of nitrogens with one attached hydrogen (secondary N) is 1. The van der Waals surface area contributed by atoms with Crippen LogP contribution in [-0.4, -0.2) is 38.1 Å². The van der Waals surface area contributed by atoms with Gasteiger partial charge in [-0.1, -0.05) is 42.3 Å². The molecule has 1 aliphatic rings. The van der Waals surface area contributed by atoms with Crippen molar-refractivity contribution in [2.75, 3.05) is 18.8 Å². The summed E-state index contributed by atoms with van der Waals surface area (Å²) in [5.41, 5.74) is 2.19. The summed E-state index contributed by atoms with van der Waals surface area (Å²) in [5, 5.41) is 3.20. The second-order valence-electron chi connectivity index (χ2n) is 7.10. The van der Waals surface area contributed by atoms with E-state index in [0.717, 1.165) is 25.2 Å². The first kappa shape index (κ1) is 20.8. The van der Waals surface area contributed by atoms with Crippen LogP contribution in [0, 0.1) is 0 Å². The van der Waals surface area contributed by atoms with Crippen LogP contribution in [0.5, 0.6) is 0 Å². The lowest BCUT2D eigenvalue weighted by Gasteiger charge is -2.27. The van der Waals surface area contributed by atoms with Crippen molar-refractivity contribution in [3.8, 4) is 0 Å². The van der Waals surface area contributed by atoms with Crippen LogP contribution in [0.25, 0.3) is 0 Å². The number of halogens is 1. The summed E-state index contributed by atoms with van der Waals surface area (Å²) in [6, 6.07) is 13.8. The molecule has 0 aromatic heterocycles. The monoisotopic (exact) mass is 420 g/mol. The maximum absolute atomic E-state index is 12.4. The van der Waals surface area contributed by atoms with Crippen LogP contribution in [0.1, 0.15) is 30.4 Å². The van der Waals surface area contributed by atoms with E-state index in [1.807, 2.05) is 18.2 Å². The molecule has 0 unspecified atom stereocenters. The van der Waals surface area contributed by atoms with Gasteiger partial charge in [0.2, 0.25) is 5.91 Å². The fourth-order valence-corrected chi connectivity index (χ4v) is 4.68. The Labute approximate surface area is 171 Å². The first-order chi connectivity index (χ1) is 13.4. The fourth-order valence-electron chi connectivity index (χ4n) is 3.39. The van der Waals surface area contributed by atoms with Crippen LogP contribution in [0.3, 0.4) is 0 Å². The summed E-state index contributed by atoms with van der Waals surface area (Å²) < 4.78 is 24.8. The van der Waals surface area contributed by atoms with Crippen molar-refractivity contribution in [3.05, 3.63) is 64.7 Å². The summed E-state index contributed by atoms with van der Waals surface area (Å²) >= 11 is 5.79. The predicted octanol–water partition coefficient (Wildman–Crippen LogP) is 3.42. The lowest BCUT2D eigenvalue weighted by molar-refractivity contribution is -0.118. The number of nitrogens with zero attached hydrogens (tertiary/aromatic N) is 1. The summed E-state index contributed by atoms with van der Waals surface area (Å²) in [7, 11) is -3.69.